The molecule has 0 amide bonds. The van der Waals surface area contributed by atoms with Crippen molar-refractivity contribution in [2.75, 3.05) is 5.75 Å². The molecule has 0 fully saturated rings. The highest BCUT2D eigenvalue weighted by Gasteiger charge is 2.27. The minimum atomic E-state index is -3.21. The lowest BCUT2D eigenvalue weighted by Gasteiger charge is -2.26. The Kier molecular flexibility index (Phi) is 3.58. The summed E-state index contributed by atoms with van der Waals surface area (Å²) in [4.78, 5) is 0. The van der Waals surface area contributed by atoms with Crippen LogP contribution in [0.5, 0.6) is 0 Å². The van der Waals surface area contributed by atoms with Gasteiger partial charge in [-0.1, -0.05) is 26.8 Å². The molecule has 0 saturated heterocycles. The summed E-state index contributed by atoms with van der Waals surface area (Å²) in [6.45, 7) is 5.84. The van der Waals surface area contributed by atoms with Crippen molar-refractivity contribution in [2.45, 2.75) is 31.0 Å². The highest BCUT2D eigenvalue weighted by Crippen LogP contribution is 2.23. The quantitative estimate of drug-likeness (QED) is 0.887. The lowest BCUT2D eigenvalue weighted by molar-refractivity contribution is 0.340. The van der Waals surface area contributed by atoms with Gasteiger partial charge in [-0.2, -0.15) is 0 Å². The van der Waals surface area contributed by atoms with Crippen molar-refractivity contribution in [3.8, 4) is 0 Å². The molecule has 1 unspecified atom stereocenters. The van der Waals surface area contributed by atoms with Crippen molar-refractivity contribution in [1.29, 1.82) is 0 Å². The van der Waals surface area contributed by atoms with Gasteiger partial charge in [-0.25, -0.2) is 8.42 Å². The third-order valence-corrected chi connectivity index (χ3v) is 5.57. The van der Waals surface area contributed by atoms with Crippen LogP contribution in [0.1, 0.15) is 20.8 Å². The Balaban J connectivity index is 2.84. The van der Waals surface area contributed by atoms with E-state index in [-0.39, 0.29) is 17.2 Å². The van der Waals surface area contributed by atoms with Crippen LogP contribution in [0, 0.1) is 5.41 Å². The van der Waals surface area contributed by atoms with E-state index >= 15 is 0 Å². The fourth-order valence-corrected chi connectivity index (χ4v) is 3.84. The predicted molar refractivity (Wildman–Crippen MR) is 63.8 cm³/mol. The summed E-state index contributed by atoms with van der Waals surface area (Å²) < 4.78 is 24.2. The van der Waals surface area contributed by atoms with Gasteiger partial charge in [-0.3, -0.25) is 0 Å². The maximum absolute atomic E-state index is 11.9. The highest BCUT2D eigenvalue weighted by atomic mass is 32.2. The molecule has 2 N–H and O–H groups in total. The van der Waals surface area contributed by atoms with E-state index in [1.807, 2.05) is 20.8 Å². The molecule has 5 heteroatoms. The third kappa shape index (κ3) is 3.29. The molecule has 0 aromatic carbocycles. The second-order valence-corrected chi connectivity index (χ2v) is 7.89. The second kappa shape index (κ2) is 4.23. The molecule has 1 atom stereocenters. The average Bonchev–Trinajstić information content (AvgIpc) is 2.52. The van der Waals surface area contributed by atoms with E-state index < -0.39 is 9.84 Å². The number of rotatable bonds is 3. The number of thiophene rings is 1. The van der Waals surface area contributed by atoms with Crippen molar-refractivity contribution in [3.05, 3.63) is 17.5 Å². The fraction of sp³-hybridized carbons (Fsp3) is 0.600. The molecule has 0 aliphatic heterocycles. The molecule has 1 rings (SSSR count). The highest BCUT2D eigenvalue weighted by molar-refractivity contribution is 7.93. The van der Waals surface area contributed by atoms with Crippen LogP contribution in [0.2, 0.25) is 0 Å². The van der Waals surface area contributed by atoms with Gasteiger partial charge in [-0.05, 0) is 16.9 Å². The van der Waals surface area contributed by atoms with Gasteiger partial charge in [0.15, 0.2) is 9.84 Å². The van der Waals surface area contributed by atoms with Crippen molar-refractivity contribution in [3.63, 3.8) is 0 Å². The van der Waals surface area contributed by atoms with Crippen LogP contribution in [0.25, 0.3) is 0 Å². The molecule has 0 radical (unpaired) electrons. The van der Waals surface area contributed by atoms with Crippen molar-refractivity contribution in [2.24, 2.45) is 11.1 Å². The van der Waals surface area contributed by atoms with Gasteiger partial charge < -0.3 is 5.73 Å². The number of nitrogens with two attached hydrogens (primary N) is 1. The first kappa shape index (κ1) is 12.7. The minimum Gasteiger partial charge on any atom is -0.326 e. The first-order valence-corrected chi connectivity index (χ1v) is 7.28. The summed E-state index contributed by atoms with van der Waals surface area (Å²) in [5, 5.41) is 1.76. The van der Waals surface area contributed by atoms with Crippen LogP contribution in [0.4, 0.5) is 0 Å². The Morgan fingerprint density at radius 3 is 2.47 bits per heavy atom. The number of hydrogen-bond acceptors (Lipinski definition) is 4. The summed E-state index contributed by atoms with van der Waals surface area (Å²) >= 11 is 1.24. The Bertz CT molecular complexity index is 401. The lowest BCUT2D eigenvalue weighted by Crippen LogP contribution is -2.40. The lowest BCUT2D eigenvalue weighted by atomic mass is 9.89. The maximum Gasteiger partial charge on any atom is 0.189 e. The zero-order valence-electron chi connectivity index (χ0n) is 9.23. The van der Waals surface area contributed by atoms with Crippen LogP contribution >= 0.6 is 11.3 Å². The van der Waals surface area contributed by atoms with Crippen molar-refractivity contribution < 1.29 is 8.42 Å². The maximum atomic E-state index is 11.9. The topological polar surface area (TPSA) is 60.2 Å². The van der Waals surface area contributed by atoms with Crippen LogP contribution < -0.4 is 5.73 Å². The van der Waals surface area contributed by atoms with E-state index in [0.29, 0.717) is 4.21 Å². The standard InChI is InChI=1S/C10H17NO2S2/c1-10(2,3)8(11)7-15(12,13)9-5-4-6-14-9/h4-6,8H,7,11H2,1-3H3. The molecule has 86 valence electrons. The number of sulfone groups is 1. The summed E-state index contributed by atoms with van der Waals surface area (Å²) in [5.41, 5.74) is 5.68. The SMILES string of the molecule is CC(C)(C)C(N)CS(=O)(=O)c1cccs1. The van der Waals surface area contributed by atoms with Gasteiger partial charge in [0.05, 0.1) is 5.75 Å². The van der Waals surface area contributed by atoms with Gasteiger partial charge in [0.25, 0.3) is 0 Å². The summed E-state index contributed by atoms with van der Waals surface area (Å²) in [5.74, 6) is 0.0109. The fourth-order valence-electron chi connectivity index (χ4n) is 1.01. The zero-order valence-corrected chi connectivity index (χ0v) is 10.9. The van der Waals surface area contributed by atoms with E-state index in [2.05, 4.69) is 0 Å². The minimum absolute atomic E-state index is 0.0109. The largest absolute Gasteiger partial charge is 0.326 e. The van der Waals surface area contributed by atoms with E-state index in [1.165, 1.54) is 11.3 Å². The molecule has 0 bridgehead atoms. The molecule has 0 spiro atoms. The third-order valence-electron chi connectivity index (χ3n) is 2.31. The normalized spacial score (nSPS) is 15.2. The van der Waals surface area contributed by atoms with Crippen LogP contribution in [0.3, 0.4) is 0 Å². The molecular weight excluding hydrogens is 230 g/mol. The molecule has 1 heterocycles. The molecule has 1 aromatic heterocycles. The number of hydrogen-bond donors (Lipinski definition) is 1. The summed E-state index contributed by atoms with van der Waals surface area (Å²) in [6.07, 6.45) is 0. The average molecular weight is 247 g/mol. The van der Waals surface area contributed by atoms with Gasteiger partial charge in [-0.15, -0.1) is 11.3 Å². The molecular formula is C10H17NO2S2. The Morgan fingerprint density at radius 1 is 1.47 bits per heavy atom. The van der Waals surface area contributed by atoms with Gasteiger partial charge in [0.2, 0.25) is 0 Å². The van der Waals surface area contributed by atoms with Crippen molar-refractivity contribution >= 4 is 21.2 Å². The monoisotopic (exact) mass is 247 g/mol. The molecule has 0 saturated carbocycles. The van der Waals surface area contributed by atoms with E-state index in [4.69, 9.17) is 5.73 Å². The van der Waals surface area contributed by atoms with Crippen LogP contribution in [0.15, 0.2) is 21.7 Å². The Labute approximate surface area is 95.2 Å². The zero-order chi connectivity index (χ0) is 11.7. The Hall–Kier alpha value is -0.390. The molecule has 3 nitrogen and oxygen atoms in total. The summed E-state index contributed by atoms with van der Waals surface area (Å²) in [6, 6.07) is 3.01. The van der Waals surface area contributed by atoms with E-state index in [1.54, 1.807) is 17.5 Å². The van der Waals surface area contributed by atoms with Gasteiger partial charge in [0.1, 0.15) is 4.21 Å². The smallest absolute Gasteiger partial charge is 0.189 e. The molecule has 0 aliphatic rings. The first-order chi connectivity index (χ1) is 6.73. The van der Waals surface area contributed by atoms with Gasteiger partial charge in [0, 0.05) is 6.04 Å². The van der Waals surface area contributed by atoms with Crippen LogP contribution in [-0.2, 0) is 9.84 Å². The molecule has 1 aromatic rings. The molecule has 0 aliphatic carbocycles. The first-order valence-electron chi connectivity index (χ1n) is 4.75. The summed E-state index contributed by atoms with van der Waals surface area (Å²) in [7, 11) is -3.21. The Morgan fingerprint density at radius 2 is 2.07 bits per heavy atom. The molecule has 15 heavy (non-hydrogen) atoms. The predicted octanol–water partition coefficient (Wildman–Crippen LogP) is 1.90. The van der Waals surface area contributed by atoms with Crippen molar-refractivity contribution in [1.82, 2.24) is 0 Å². The van der Waals surface area contributed by atoms with E-state index in [9.17, 15) is 8.42 Å². The second-order valence-electron chi connectivity index (χ2n) is 4.69. The van der Waals surface area contributed by atoms with E-state index in [0.717, 1.165) is 0 Å². The van der Waals surface area contributed by atoms with Crippen LogP contribution in [-0.4, -0.2) is 20.2 Å². The van der Waals surface area contributed by atoms with Gasteiger partial charge >= 0.3 is 0 Å².